The molecule has 2 aromatic rings. The maximum absolute atomic E-state index is 11.5. The van der Waals surface area contributed by atoms with Gasteiger partial charge in [0, 0.05) is 17.8 Å². The quantitative estimate of drug-likeness (QED) is 0.342. The number of ether oxygens (including phenoxy) is 1. The van der Waals surface area contributed by atoms with Crippen LogP contribution in [0.2, 0.25) is 0 Å². The Morgan fingerprint density at radius 2 is 1.93 bits per heavy atom. The summed E-state index contributed by atoms with van der Waals surface area (Å²) in [7, 11) is 0. The molecule has 0 aliphatic carbocycles. The number of benzene rings is 1. The standard InChI is InChI=1S/C21H21N5O2S/c1-5-26(10-11-28-21(27)14(2)3)17-8-6-16(7-9-17)24-25-20-18(12-22)15(4)19(13-23)29-20/h6-9H,2,5,10-11H2,1,3-4H3. The smallest absolute Gasteiger partial charge is 0.333 e. The number of azo groups is 1. The predicted octanol–water partition coefficient (Wildman–Crippen LogP) is 5.16. The zero-order chi connectivity index (χ0) is 21.4. The number of thiophene rings is 1. The van der Waals surface area contributed by atoms with Gasteiger partial charge in [0.25, 0.3) is 0 Å². The largest absolute Gasteiger partial charge is 0.460 e. The van der Waals surface area contributed by atoms with Gasteiger partial charge in [-0.1, -0.05) is 6.58 Å². The fraction of sp³-hybridized carbons (Fsp3) is 0.286. The second-order valence-electron chi connectivity index (χ2n) is 6.17. The van der Waals surface area contributed by atoms with Crippen LogP contribution in [-0.2, 0) is 9.53 Å². The van der Waals surface area contributed by atoms with Crippen LogP contribution in [0.25, 0.3) is 0 Å². The molecule has 0 saturated heterocycles. The van der Waals surface area contributed by atoms with Crippen LogP contribution < -0.4 is 4.90 Å². The van der Waals surface area contributed by atoms with E-state index in [0.29, 0.717) is 38.8 Å². The molecular weight excluding hydrogens is 386 g/mol. The Labute approximate surface area is 174 Å². The van der Waals surface area contributed by atoms with Crippen LogP contribution in [0.5, 0.6) is 0 Å². The maximum Gasteiger partial charge on any atom is 0.333 e. The molecule has 0 aliphatic heterocycles. The lowest BCUT2D eigenvalue weighted by Gasteiger charge is -2.22. The molecule has 2 rings (SSSR count). The van der Waals surface area contributed by atoms with Gasteiger partial charge in [0.15, 0.2) is 5.00 Å². The Balaban J connectivity index is 2.07. The van der Waals surface area contributed by atoms with E-state index in [2.05, 4.69) is 33.8 Å². The van der Waals surface area contributed by atoms with Crippen molar-refractivity contribution in [2.45, 2.75) is 20.8 Å². The van der Waals surface area contributed by atoms with Gasteiger partial charge < -0.3 is 9.64 Å². The molecule has 7 nitrogen and oxygen atoms in total. The number of carbonyl (C=O) groups is 1. The Morgan fingerprint density at radius 3 is 2.48 bits per heavy atom. The Bertz CT molecular complexity index is 1010. The number of esters is 1. The molecule has 148 valence electrons. The van der Waals surface area contributed by atoms with E-state index in [9.17, 15) is 10.1 Å². The zero-order valence-electron chi connectivity index (χ0n) is 16.6. The number of anilines is 1. The van der Waals surface area contributed by atoms with Gasteiger partial charge in [0.05, 0.1) is 17.8 Å². The second kappa shape index (κ2) is 10.2. The summed E-state index contributed by atoms with van der Waals surface area (Å²) in [5.41, 5.74) is 3.00. The molecule has 0 spiro atoms. The number of hydrogen-bond acceptors (Lipinski definition) is 8. The molecular formula is C21H21N5O2S. The fourth-order valence-electron chi connectivity index (χ4n) is 2.48. The Hall–Kier alpha value is -3.49. The molecule has 0 radical (unpaired) electrons. The molecule has 0 saturated carbocycles. The predicted molar refractivity (Wildman–Crippen MR) is 113 cm³/mol. The topological polar surface area (TPSA) is 102 Å². The van der Waals surface area contributed by atoms with E-state index < -0.39 is 5.97 Å². The highest BCUT2D eigenvalue weighted by molar-refractivity contribution is 7.16. The molecule has 1 heterocycles. The first-order valence-corrected chi connectivity index (χ1v) is 9.75. The third-order valence-corrected chi connectivity index (χ3v) is 5.22. The van der Waals surface area contributed by atoms with Gasteiger partial charge in [-0.2, -0.15) is 10.5 Å². The van der Waals surface area contributed by atoms with Crippen molar-refractivity contribution >= 4 is 33.7 Å². The van der Waals surface area contributed by atoms with Crippen LogP contribution in [0.3, 0.4) is 0 Å². The summed E-state index contributed by atoms with van der Waals surface area (Å²) in [5, 5.41) is 27.1. The van der Waals surface area contributed by atoms with Crippen molar-refractivity contribution in [1.29, 1.82) is 10.5 Å². The van der Waals surface area contributed by atoms with E-state index in [1.165, 1.54) is 0 Å². The van der Waals surface area contributed by atoms with Crippen molar-refractivity contribution in [1.82, 2.24) is 0 Å². The first-order valence-electron chi connectivity index (χ1n) is 8.94. The van der Waals surface area contributed by atoms with Gasteiger partial charge in [-0.15, -0.1) is 21.6 Å². The zero-order valence-corrected chi connectivity index (χ0v) is 17.4. The summed E-state index contributed by atoms with van der Waals surface area (Å²) in [6, 6.07) is 11.6. The summed E-state index contributed by atoms with van der Waals surface area (Å²) in [6.45, 7) is 10.5. The molecule has 0 N–H and O–H groups in total. The highest BCUT2D eigenvalue weighted by Crippen LogP contribution is 2.35. The van der Waals surface area contributed by atoms with Gasteiger partial charge in [-0.3, -0.25) is 0 Å². The lowest BCUT2D eigenvalue weighted by molar-refractivity contribution is -0.138. The average molecular weight is 407 g/mol. The minimum atomic E-state index is -0.392. The third kappa shape index (κ3) is 5.50. The number of carbonyl (C=O) groups excluding carboxylic acids is 1. The molecule has 0 aliphatic rings. The number of likely N-dealkylation sites (N-methyl/N-ethyl adjacent to an activating group) is 1. The van der Waals surface area contributed by atoms with Gasteiger partial charge in [0.1, 0.15) is 23.6 Å². The summed E-state index contributed by atoms with van der Waals surface area (Å²) in [5.74, 6) is -0.392. The van der Waals surface area contributed by atoms with Crippen molar-refractivity contribution in [3.8, 4) is 12.1 Å². The Morgan fingerprint density at radius 1 is 1.24 bits per heavy atom. The van der Waals surface area contributed by atoms with Crippen molar-refractivity contribution in [2.24, 2.45) is 10.2 Å². The van der Waals surface area contributed by atoms with E-state index >= 15 is 0 Å². The van der Waals surface area contributed by atoms with Crippen LogP contribution in [-0.4, -0.2) is 25.7 Å². The van der Waals surface area contributed by atoms with Crippen molar-refractivity contribution < 1.29 is 9.53 Å². The summed E-state index contributed by atoms with van der Waals surface area (Å²) in [6.07, 6.45) is 0. The first kappa shape index (κ1) is 21.8. The van der Waals surface area contributed by atoms with E-state index in [0.717, 1.165) is 23.6 Å². The molecule has 0 unspecified atom stereocenters. The maximum atomic E-state index is 11.5. The number of nitrogens with zero attached hydrogens (tertiary/aromatic N) is 5. The molecule has 1 aromatic carbocycles. The molecule has 1 aromatic heterocycles. The monoisotopic (exact) mass is 407 g/mol. The fourth-order valence-corrected chi connectivity index (χ4v) is 3.36. The molecule has 0 bridgehead atoms. The molecule has 0 fully saturated rings. The van der Waals surface area contributed by atoms with Crippen LogP contribution >= 0.6 is 11.3 Å². The summed E-state index contributed by atoms with van der Waals surface area (Å²) in [4.78, 5) is 14.0. The van der Waals surface area contributed by atoms with Crippen molar-refractivity contribution in [3.63, 3.8) is 0 Å². The highest BCUT2D eigenvalue weighted by Gasteiger charge is 2.14. The minimum absolute atomic E-state index is 0.275. The molecule has 8 heteroatoms. The number of rotatable bonds is 8. The second-order valence-corrected chi connectivity index (χ2v) is 7.17. The van der Waals surface area contributed by atoms with E-state index in [1.54, 1.807) is 13.8 Å². The lowest BCUT2D eigenvalue weighted by Crippen LogP contribution is -2.28. The van der Waals surface area contributed by atoms with E-state index in [4.69, 9.17) is 10.00 Å². The summed E-state index contributed by atoms with van der Waals surface area (Å²) >= 11 is 1.16. The molecule has 0 amide bonds. The average Bonchev–Trinajstić information content (AvgIpc) is 3.04. The van der Waals surface area contributed by atoms with Crippen molar-refractivity contribution in [2.75, 3.05) is 24.6 Å². The van der Waals surface area contributed by atoms with E-state index in [-0.39, 0.29) is 6.61 Å². The Kier molecular flexibility index (Phi) is 7.64. The van der Waals surface area contributed by atoms with Gasteiger partial charge in [-0.25, -0.2) is 4.79 Å². The van der Waals surface area contributed by atoms with Crippen molar-refractivity contribution in [3.05, 3.63) is 52.4 Å². The third-order valence-electron chi connectivity index (χ3n) is 4.14. The highest BCUT2D eigenvalue weighted by atomic mass is 32.1. The summed E-state index contributed by atoms with van der Waals surface area (Å²) < 4.78 is 5.15. The normalized spacial score (nSPS) is 10.4. The first-order chi connectivity index (χ1) is 13.9. The van der Waals surface area contributed by atoms with Gasteiger partial charge in [0.2, 0.25) is 0 Å². The van der Waals surface area contributed by atoms with Crippen LogP contribution in [0.1, 0.15) is 29.9 Å². The van der Waals surface area contributed by atoms with Gasteiger partial charge in [-0.05, 0) is 50.6 Å². The van der Waals surface area contributed by atoms with Gasteiger partial charge >= 0.3 is 5.97 Å². The molecule has 29 heavy (non-hydrogen) atoms. The SMILES string of the molecule is C=C(C)C(=O)OCCN(CC)c1ccc(N=Nc2sc(C#N)c(C)c2C#N)cc1. The van der Waals surface area contributed by atoms with Crippen LogP contribution in [0.4, 0.5) is 16.4 Å². The molecule has 0 atom stereocenters. The lowest BCUT2D eigenvalue weighted by atomic mass is 10.2. The van der Waals surface area contributed by atoms with Crippen LogP contribution in [0, 0.1) is 29.6 Å². The van der Waals surface area contributed by atoms with E-state index in [1.807, 2.05) is 31.2 Å². The van der Waals surface area contributed by atoms with Crippen LogP contribution in [0.15, 0.2) is 46.6 Å². The number of nitriles is 2. The minimum Gasteiger partial charge on any atom is -0.460 e. The number of hydrogen-bond donors (Lipinski definition) is 0.